The fourth-order valence-electron chi connectivity index (χ4n) is 4.32. The number of aromatic nitrogens is 2. The molecule has 4 aromatic rings. The lowest BCUT2D eigenvalue weighted by atomic mass is 9.92. The van der Waals surface area contributed by atoms with E-state index >= 15 is 0 Å². The van der Waals surface area contributed by atoms with Gasteiger partial charge in [0, 0.05) is 18.0 Å². The van der Waals surface area contributed by atoms with Crippen LogP contribution in [0, 0.1) is 0 Å². The normalized spacial score (nSPS) is 12.5. The van der Waals surface area contributed by atoms with Crippen LogP contribution >= 0.6 is 0 Å². The summed E-state index contributed by atoms with van der Waals surface area (Å²) in [7, 11) is 0. The Morgan fingerprint density at radius 2 is 1.57 bits per heavy atom. The fourth-order valence-corrected chi connectivity index (χ4v) is 4.32. The number of carbonyl (C=O) groups is 1. The van der Waals surface area contributed by atoms with Crippen LogP contribution in [0.2, 0.25) is 0 Å². The van der Waals surface area contributed by atoms with E-state index in [1.165, 1.54) is 18.2 Å². The van der Waals surface area contributed by atoms with Gasteiger partial charge >= 0.3 is 12.4 Å². The quantitative estimate of drug-likeness (QED) is 0.275. The second-order valence-electron chi connectivity index (χ2n) is 9.77. The standard InChI is InChI=1S/C29H25F6N3O4/c1-17(2)36-25(39)16-42-21-12-13-23-22(15-21)26(40)38(24(37-23)14-18-6-4-3-5-7-18)20-10-8-19(9-11-20)27(41,28(30,31)32)29(33,34)35/h3-13,15,17,41H,14,16H2,1-2H3,(H,36,39). The number of amides is 1. The molecule has 0 unspecified atom stereocenters. The highest BCUT2D eigenvalue weighted by Gasteiger charge is 2.71. The minimum atomic E-state index is -6.06. The zero-order chi connectivity index (χ0) is 30.9. The minimum absolute atomic E-state index is 0.0275. The largest absolute Gasteiger partial charge is 0.484 e. The number of hydrogen-bond acceptors (Lipinski definition) is 5. The first-order valence-electron chi connectivity index (χ1n) is 12.6. The summed E-state index contributed by atoms with van der Waals surface area (Å²) < 4.78 is 86.9. The Labute approximate surface area is 235 Å². The predicted octanol–water partition coefficient (Wildman–Crippen LogP) is 5.19. The summed E-state index contributed by atoms with van der Waals surface area (Å²) in [4.78, 5) is 30.3. The molecule has 13 heteroatoms. The van der Waals surface area contributed by atoms with E-state index in [0.29, 0.717) is 12.1 Å². The van der Waals surface area contributed by atoms with E-state index < -0.39 is 35.0 Å². The van der Waals surface area contributed by atoms with E-state index in [1.54, 1.807) is 44.2 Å². The first-order chi connectivity index (χ1) is 19.6. The van der Waals surface area contributed by atoms with Crippen molar-refractivity contribution in [3.05, 3.63) is 100 Å². The number of nitrogens with zero attached hydrogens (tertiary/aromatic N) is 2. The van der Waals surface area contributed by atoms with Crippen molar-refractivity contribution in [1.29, 1.82) is 0 Å². The molecule has 0 fully saturated rings. The second-order valence-corrected chi connectivity index (χ2v) is 9.77. The van der Waals surface area contributed by atoms with Gasteiger partial charge < -0.3 is 15.2 Å². The number of carbonyl (C=O) groups excluding carboxylic acids is 1. The maximum Gasteiger partial charge on any atom is 0.430 e. The molecule has 0 atom stereocenters. The third-order valence-corrected chi connectivity index (χ3v) is 6.30. The third-order valence-electron chi connectivity index (χ3n) is 6.30. The number of halogens is 6. The second kappa shape index (κ2) is 11.5. The average Bonchev–Trinajstić information content (AvgIpc) is 2.91. The van der Waals surface area contributed by atoms with Crippen molar-refractivity contribution < 1.29 is 41.0 Å². The Morgan fingerprint density at radius 1 is 0.952 bits per heavy atom. The molecule has 0 saturated carbocycles. The molecule has 4 rings (SSSR count). The van der Waals surface area contributed by atoms with E-state index in [0.717, 1.165) is 22.3 Å². The average molecular weight is 594 g/mol. The molecule has 42 heavy (non-hydrogen) atoms. The Morgan fingerprint density at radius 3 is 2.14 bits per heavy atom. The number of rotatable bonds is 8. The molecule has 0 radical (unpaired) electrons. The molecule has 2 N–H and O–H groups in total. The highest BCUT2D eigenvalue weighted by Crippen LogP contribution is 2.50. The molecule has 0 aliphatic heterocycles. The summed E-state index contributed by atoms with van der Waals surface area (Å²) in [6, 6.07) is 15.7. The number of ether oxygens (including phenoxy) is 1. The number of aliphatic hydroxyl groups is 1. The van der Waals surface area contributed by atoms with Crippen LogP contribution in [-0.4, -0.2) is 45.6 Å². The van der Waals surface area contributed by atoms with Gasteiger partial charge in [-0.25, -0.2) is 4.98 Å². The lowest BCUT2D eigenvalue weighted by Gasteiger charge is -2.32. The van der Waals surface area contributed by atoms with E-state index in [2.05, 4.69) is 10.3 Å². The Balaban J connectivity index is 1.83. The van der Waals surface area contributed by atoms with Crippen molar-refractivity contribution in [3.8, 4) is 11.4 Å². The van der Waals surface area contributed by atoms with Gasteiger partial charge in [0.2, 0.25) is 0 Å². The van der Waals surface area contributed by atoms with Crippen LogP contribution in [-0.2, 0) is 16.8 Å². The van der Waals surface area contributed by atoms with Gasteiger partial charge in [-0.05, 0) is 49.7 Å². The maximum atomic E-state index is 13.8. The van der Waals surface area contributed by atoms with E-state index in [4.69, 9.17) is 4.74 Å². The van der Waals surface area contributed by atoms with Gasteiger partial charge in [-0.3, -0.25) is 14.2 Å². The van der Waals surface area contributed by atoms with Crippen molar-refractivity contribution in [2.75, 3.05) is 6.61 Å². The molecule has 1 amide bonds. The van der Waals surface area contributed by atoms with Crippen LogP contribution in [0.25, 0.3) is 16.6 Å². The molecular weight excluding hydrogens is 568 g/mol. The SMILES string of the molecule is CC(C)NC(=O)COc1ccc2nc(Cc3ccccc3)n(-c3ccc(C(O)(C(F)(F)F)C(F)(F)F)cc3)c(=O)c2c1. The Hall–Kier alpha value is -4.39. The van der Waals surface area contributed by atoms with Crippen molar-refractivity contribution in [2.24, 2.45) is 0 Å². The summed E-state index contributed by atoms with van der Waals surface area (Å²) in [5, 5.41) is 12.4. The van der Waals surface area contributed by atoms with Gasteiger partial charge in [0.05, 0.1) is 16.6 Å². The summed E-state index contributed by atoms with van der Waals surface area (Å²) in [5.74, 6) is -0.0756. The van der Waals surface area contributed by atoms with Gasteiger partial charge in [0.25, 0.3) is 17.1 Å². The molecule has 0 saturated heterocycles. The monoisotopic (exact) mass is 593 g/mol. The summed E-state index contributed by atoms with van der Waals surface area (Å²) >= 11 is 0. The lowest BCUT2D eigenvalue weighted by Crippen LogP contribution is -2.53. The number of benzene rings is 3. The molecule has 3 aromatic carbocycles. The van der Waals surface area contributed by atoms with Gasteiger partial charge in [0.1, 0.15) is 11.6 Å². The molecule has 222 valence electrons. The van der Waals surface area contributed by atoms with E-state index in [9.17, 15) is 41.0 Å². The van der Waals surface area contributed by atoms with Crippen LogP contribution in [0.15, 0.2) is 77.6 Å². The zero-order valence-corrected chi connectivity index (χ0v) is 22.3. The van der Waals surface area contributed by atoms with Crippen LogP contribution in [0.5, 0.6) is 5.75 Å². The van der Waals surface area contributed by atoms with Crippen molar-refractivity contribution in [3.63, 3.8) is 0 Å². The first-order valence-corrected chi connectivity index (χ1v) is 12.6. The maximum absolute atomic E-state index is 13.8. The lowest BCUT2D eigenvalue weighted by molar-refractivity contribution is -0.376. The van der Waals surface area contributed by atoms with Crippen molar-refractivity contribution in [2.45, 2.75) is 44.3 Å². The van der Waals surface area contributed by atoms with Gasteiger partial charge in [-0.2, -0.15) is 26.3 Å². The molecule has 0 spiro atoms. The van der Waals surface area contributed by atoms with Crippen LogP contribution in [0.4, 0.5) is 26.3 Å². The number of alkyl halides is 6. The molecule has 0 bridgehead atoms. The van der Waals surface area contributed by atoms with Crippen LogP contribution in [0.1, 0.15) is 30.8 Å². The number of nitrogens with one attached hydrogen (secondary N) is 1. The van der Waals surface area contributed by atoms with Crippen LogP contribution < -0.4 is 15.6 Å². The van der Waals surface area contributed by atoms with E-state index in [-0.39, 0.29) is 47.2 Å². The Kier molecular flexibility index (Phi) is 8.35. The van der Waals surface area contributed by atoms with Crippen molar-refractivity contribution in [1.82, 2.24) is 14.9 Å². The topological polar surface area (TPSA) is 93.4 Å². The van der Waals surface area contributed by atoms with Gasteiger partial charge in [-0.15, -0.1) is 0 Å². The Bertz CT molecular complexity index is 1620. The highest BCUT2D eigenvalue weighted by atomic mass is 19.4. The third kappa shape index (κ3) is 6.10. The first kappa shape index (κ1) is 30.6. The van der Waals surface area contributed by atoms with Crippen molar-refractivity contribution >= 4 is 16.8 Å². The number of hydrogen-bond donors (Lipinski definition) is 2. The van der Waals surface area contributed by atoms with Gasteiger partial charge in [0.15, 0.2) is 6.61 Å². The predicted molar refractivity (Wildman–Crippen MR) is 141 cm³/mol. The molecule has 0 aliphatic carbocycles. The summed E-state index contributed by atoms with van der Waals surface area (Å²) in [6.07, 6.45) is -12.0. The van der Waals surface area contributed by atoms with E-state index in [1.807, 2.05) is 0 Å². The minimum Gasteiger partial charge on any atom is -0.484 e. The summed E-state index contributed by atoms with van der Waals surface area (Å²) in [5.41, 5.74) is -6.37. The zero-order valence-electron chi connectivity index (χ0n) is 22.3. The molecule has 1 aromatic heterocycles. The van der Waals surface area contributed by atoms with Crippen LogP contribution in [0.3, 0.4) is 0 Å². The fraction of sp³-hybridized carbons (Fsp3) is 0.276. The number of fused-ring (bicyclic) bond motifs is 1. The molecule has 7 nitrogen and oxygen atoms in total. The molecular formula is C29H25F6N3O4. The summed E-state index contributed by atoms with van der Waals surface area (Å²) in [6.45, 7) is 3.21. The highest BCUT2D eigenvalue weighted by molar-refractivity contribution is 5.81. The molecule has 0 aliphatic rings. The van der Waals surface area contributed by atoms with Gasteiger partial charge in [-0.1, -0.05) is 42.5 Å². The smallest absolute Gasteiger partial charge is 0.430 e. The molecule has 1 heterocycles.